The van der Waals surface area contributed by atoms with Gasteiger partial charge in [0.05, 0.1) is 0 Å². The van der Waals surface area contributed by atoms with Crippen molar-refractivity contribution in [3.05, 3.63) is 47.6 Å². The number of rotatable bonds is 7. The lowest BCUT2D eigenvalue weighted by Crippen LogP contribution is -2.23. The smallest absolute Gasteiger partial charge is 0.228 e. The van der Waals surface area contributed by atoms with Crippen molar-refractivity contribution in [1.82, 2.24) is 15.5 Å². The molecule has 7 heteroatoms. The molecular formula is C14H19N3O3S. The zero-order valence-corrected chi connectivity index (χ0v) is 12.9. The van der Waals surface area contributed by atoms with E-state index in [0.717, 1.165) is 18.4 Å². The van der Waals surface area contributed by atoms with E-state index in [4.69, 9.17) is 4.52 Å². The highest BCUT2D eigenvalue weighted by Crippen LogP contribution is 2.17. The molecule has 1 aromatic heterocycles. The summed E-state index contributed by atoms with van der Waals surface area (Å²) in [7, 11) is -3.16. The Morgan fingerprint density at radius 1 is 1.29 bits per heavy atom. The van der Waals surface area contributed by atoms with Crippen LogP contribution in [0.4, 0.5) is 0 Å². The average Bonchev–Trinajstić information content (AvgIpc) is 2.84. The molecule has 1 aromatic carbocycles. The Balaban J connectivity index is 2.11. The second-order valence-electron chi connectivity index (χ2n) is 4.90. The lowest BCUT2D eigenvalue weighted by molar-refractivity contribution is 0.356. The molecule has 1 unspecified atom stereocenters. The molecule has 21 heavy (non-hydrogen) atoms. The van der Waals surface area contributed by atoms with Gasteiger partial charge in [-0.25, -0.2) is 8.42 Å². The van der Waals surface area contributed by atoms with Gasteiger partial charge in [-0.2, -0.15) is 4.98 Å². The minimum absolute atomic E-state index is 0.0581. The maximum Gasteiger partial charge on any atom is 0.228 e. The summed E-state index contributed by atoms with van der Waals surface area (Å²) >= 11 is 0. The second kappa shape index (κ2) is 6.82. The van der Waals surface area contributed by atoms with Gasteiger partial charge >= 0.3 is 0 Å². The average molecular weight is 309 g/mol. The summed E-state index contributed by atoms with van der Waals surface area (Å²) in [6.45, 7) is 2.84. The van der Waals surface area contributed by atoms with E-state index in [1.165, 1.54) is 0 Å². The molecule has 0 spiro atoms. The first kappa shape index (κ1) is 15.7. The lowest BCUT2D eigenvalue weighted by atomic mass is 10.0. The van der Waals surface area contributed by atoms with E-state index < -0.39 is 9.84 Å². The minimum atomic E-state index is -3.16. The van der Waals surface area contributed by atoms with Gasteiger partial charge < -0.3 is 9.84 Å². The number of hydrogen-bond donors (Lipinski definition) is 1. The van der Waals surface area contributed by atoms with Crippen molar-refractivity contribution in [2.24, 2.45) is 0 Å². The van der Waals surface area contributed by atoms with Gasteiger partial charge in [0.2, 0.25) is 5.89 Å². The van der Waals surface area contributed by atoms with E-state index >= 15 is 0 Å². The van der Waals surface area contributed by atoms with Gasteiger partial charge in [-0.05, 0) is 12.1 Å². The van der Waals surface area contributed by atoms with Crippen molar-refractivity contribution in [2.75, 3.05) is 12.8 Å². The van der Waals surface area contributed by atoms with Crippen molar-refractivity contribution in [2.45, 2.75) is 25.1 Å². The van der Waals surface area contributed by atoms with Crippen LogP contribution in [0.3, 0.4) is 0 Å². The van der Waals surface area contributed by atoms with Crippen molar-refractivity contribution in [3.63, 3.8) is 0 Å². The van der Waals surface area contributed by atoms with E-state index in [9.17, 15) is 8.42 Å². The molecule has 2 rings (SSSR count). The summed E-state index contributed by atoms with van der Waals surface area (Å²) in [5.74, 6) is 0.438. The number of benzene rings is 1. The summed E-state index contributed by atoms with van der Waals surface area (Å²) in [6.07, 6.45) is 1.67. The zero-order chi connectivity index (χ0) is 15.3. The molecule has 6 nitrogen and oxygen atoms in total. The third kappa shape index (κ3) is 4.95. The molecule has 114 valence electrons. The number of likely N-dealkylation sites (N-methyl/N-ethyl adjacent to an activating group) is 1. The standard InChI is InChI=1S/C14H19N3O3S/c1-3-15-12(11-7-5-4-6-8-11)9-14-16-13(17-20-14)10-21(2,18)19/h4-8,12,15H,3,9-10H2,1-2H3. The van der Waals surface area contributed by atoms with E-state index in [1.54, 1.807) is 0 Å². The first-order valence-electron chi connectivity index (χ1n) is 6.75. The fourth-order valence-electron chi connectivity index (χ4n) is 2.08. The van der Waals surface area contributed by atoms with E-state index in [2.05, 4.69) is 15.5 Å². The predicted molar refractivity (Wildman–Crippen MR) is 79.4 cm³/mol. The van der Waals surface area contributed by atoms with E-state index in [0.29, 0.717) is 12.3 Å². The van der Waals surface area contributed by atoms with Gasteiger partial charge in [0.15, 0.2) is 15.7 Å². The maximum atomic E-state index is 11.2. The molecule has 0 aliphatic carbocycles. The molecule has 2 aromatic rings. The quantitative estimate of drug-likeness (QED) is 0.834. The van der Waals surface area contributed by atoms with Crippen molar-refractivity contribution >= 4 is 9.84 Å². The Bertz CT molecular complexity index is 668. The van der Waals surface area contributed by atoms with Crippen LogP contribution in [-0.4, -0.2) is 31.4 Å². The number of nitrogens with one attached hydrogen (secondary N) is 1. The number of aromatic nitrogens is 2. The van der Waals surface area contributed by atoms with Crippen LogP contribution in [0.1, 0.15) is 30.2 Å². The first-order chi connectivity index (χ1) is 9.98. The molecule has 0 fully saturated rings. The molecule has 0 saturated carbocycles. The minimum Gasteiger partial charge on any atom is -0.339 e. The summed E-state index contributed by atoms with van der Waals surface area (Å²) in [5, 5.41) is 7.07. The molecule has 1 atom stereocenters. The fourth-order valence-corrected chi connectivity index (χ4v) is 2.67. The van der Waals surface area contributed by atoms with Gasteiger partial charge in [-0.1, -0.05) is 42.4 Å². The van der Waals surface area contributed by atoms with E-state index in [1.807, 2.05) is 37.3 Å². The largest absolute Gasteiger partial charge is 0.339 e. The molecule has 0 bridgehead atoms. The Kier molecular flexibility index (Phi) is 5.08. The molecule has 1 N–H and O–H groups in total. The Morgan fingerprint density at radius 3 is 2.62 bits per heavy atom. The molecule has 1 heterocycles. The Labute approximate surface area is 124 Å². The topological polar surface area (TPSA) is 85.1 Å². The molecule has 0 radical (unpaired) electrons. The highest BCUT2D eigenvalue weighted by molar-refractivity contribution is 7.89. The van der Waals surface area contributed by atoms with Crippen LogP contribution < -0.4 is 5.32 Å². The van der Waals surface area contributed by atoms with Gasteiger partial charge in [-0.15, -0.1) is 0 Å². The van der Waals surface area contributed by atoms with Gasteiger partial charge in [-0.3, -0.25) is 0 Å². The third-order valence-electron chi connectivity index (χ3n) is 2.93. The molecular weight excluding hydrogens is 290 g/mol. The Hall–Kier alpha value is -1.73. The van der Waals surface area contributed by atoms with Crippen LogP contribution >= 0.6 is 0 Å². The summed E-state index contributed by atoms with van der Waals surface area (Å²) in [5.41, 5.74) is 1.13. The molecule has 0 aliphatic heterocycles. The molecule has 0 amide bonds. The van der Waals surface area contributed by atoms with Crippen molar-refractivity contribution in [3.8, 4) is 0 Å². The van der Waals surface area contributed by atoms with Crippen LogP contribution in [0, 0.1) is 0 Å². The highest BCUT2D eigenvalue weighted by Gasteiger charge is 2.17. The highest BCUT2D eigenvalue weighted by atomic mass is 32.2. The summed E-state index contributed by atoms with van der Waals surface area (Å²) in [6, 6.07) is 10.0. The van der Waals surface area contributed by atoms with Crippen LogP contribution in [0.5, 0.6) is 0 Å². The van der Waals surface area contributed by atoms with E-state index in [-0.39, 0.29) is 17.6 Å². The molecule has 0 saturated heterocycles. The van der Waals surface area contributed by atoms with Gasteiger partial charge in [0.1, 0.15) is 5.75 Å². The van der Waals surface area contributed by atoms with Crippen LogP contribution in [0.2, 0.25) is 0 Å². The normalized spacial score (nSPS) is 13.2. The SMILES string of the molecule is CCNC(Cc1nc(CS(C)(=O)=O)no1)c1ccccc1. The fraction of sp³-hybridized carbons (Fsp3) is 0.429. The molecule has 0 aliphatic rings. The van der Waals surface area contributed by atoms with Gasteiger partial charge in [0, 0.05) is 18.7 Å². The predicted octanol–water partition coefficient (Wildman–Crippen LogP) is 1.51. The second-order valence-corrected chi connectivity index (χ2v) is 7.04. The summed E-state index contributed by atoms with van der Waals surface area (Å²) < 4.78 is 27.6. The maximum absolute atomic E-state index is 11.2. The Morgan fingerprint density at radius 2 is 2.00 bits per heavy atom. The number of sulfone groups is 1. The van der Waals surface area contributed by atoms with Gasteiger partial charge in [0.25, 0.3) is 0 Å². The number of hydrogen-bond acceptors (Lipinski definition) is 6. The number of nitrogens with zero attached hydrogens (tertiary/aromatic N) is 2. The zero-order valence-electron chi connectivity index (χ0n) is 12.1. The van der Waals surface area contributed by atoms with Crippen LogP contribution in [0.15, 0.2) is 34.9 Å². The van der Waals surface area contributed by atoms with Crippen LogP contribution in [-0.2, 0) is 22.0 Å². The third-order valence-corrected chi connectivity index (χ3v) is 3.72. The monoisotopic (exact) mass is 309 g/mol. The summed E-state index contributed by atoms with van der Waals surface area (Å²) in [4.78, 5) is 4.15. The lowest BCUT2D eigenvalue weighted by Gasteiger charge is -2.16. The van der Waals surface area contributed by atoms with Crippen molar-refractivity contribution < 1.29 is 12.9 Å². The van der Waals surface area contributed by atoms with Crippen LogP contribution in [0.25, 0.3) is 0 Å². The van der Waals surface area contributed by atoms with Crippen molar-refractivity contribution in [1.29, 1.82) is 0 Å². The first-order valence-corrected chi connectivity index (χ1v) is 8.81.